The SMILES string of the molecule is CCOC(=O)c1nc(NC(=O)c2cc(NC(=O)c3cc(NC(=O)CCCOc4cc5c(cc4OC)C(=O)N4CCC[C@H]4C=N5)cn3C)cn2C)cn1C. The van der Waals surface area contributed by atoms with Gasteiger partial charge in [0, 0.05) is 65.0 Å². The van der Waals surface area contributed by atoms with E-state index in [2.05, 4.69) is 25.9 Å². The Morgan fingerprint density at radius 2 is 1.58 bits per heavy atom. The van der Waals surface area contributed by atoms with Gasteiger partial charge >= 0.3 is 5.97 Å². The molecule has 4 amide bonds. The van der Waals surface area contributed by atoms with Gasteiger partial charge in [-0.05, 0) is 44.4 Å². The average molecular weight is 728 g/mol. The highest BCUT2D eigenvalue weighted by Gasteiger charge is 2.32. The van der Waals surface area contributed by atoms with Crippen LogP contribution in [0.5, 0.6) is 11.5 Å². The molecule has 2 aliphatic heterocycles. The number of aryl methyl sites for hydroxylation is 3. The van der Waals surface area contributed by atoms with Gasteiger partial charge in [-0.15, -0.1) is 0 Å². The van der Waals surface area contributed by atoms with Gasteiger partial charge in [0.1, 0.15) is 11.4 Å². The maximum Gasteiger partial charge on any atom is 0.374 e. The topological polar surface area (TPSA) is 192 Å². The number of aromatic nitrogens is 4. The molecule has 0 bridgehead atoms. The molecule has 0 radical (unpaired) electrons. The fourth-order valence-corrected chi connectivity index (χ4v) is 6.26. The normalized spacial score (nSPS) is 14.6. The Bertz CT molecular complexity index is 2110. The van der Waals surface area contributed by atoms with Gasteiger partial charge in [-0.3, -0.25) is 24.2 Å². The van der Waals surface area contributed by atoms with Crippen molar-refractivity contribution in [2.24, 2.45) is 26.1 Å². The summed E-state index contributed by atoms with van der Waals surface area (Å²) in [5, 5.41) is 8.24. The van der Waals surface area contributed by atoms with E-state index in [1.807, 2.05) is 11.1 Å². The first-order valence-corrected chi connectivity index (χ1v) is 17.1. The van der Waals surface area contributed by atoms with Gasteiger partial charge in [0.15, 0.2) is 17.3 Å². The molecular formula is C36H41N9O8. The van der Waals surface area contributed by atoms with Crippen molar-refractivity contribution in [2.45, 2.75) is 38.6 Å². The van der Waals surface area contributed by atoms with E-state index in [0.29, 0.717) is 47.1 Å². The molecule has 0 saturated carbocycles. The molecule has 6 rings (SSSR count). The van der Waals surface area contributed by atoms with Crippen LogP contribution < -0.4 is 25.4 Å². The molecule has 17 heteroatoms. The minimum absolute atomic E-state index is 0.00789. The second kappa shape index (κ2) is 15.5. The van der Waals surface area contributed by atoms with E-state index in [9.17, 15) is 24.0 Å². The van der Waals surface area contributed by atoms with Gasteiger partial charge in [0.2, 0.25) is 11.7 Å². The van der Waals surface area contributed by atoms with Gasteiger partial charge in [-0.25, -0.2) is 9.78 Å². The van der Waals surface area contributed by atoms with Crippen molar-refractivity contribution in [1.82, 2.24) is 23.6 Å². The number of aliphatic imine (C=N–C) groups is 1. The van der Waals surface area contributed by atoms with Crippen LogP contribution in [-0.2, 0) is 30.7 Å². The molecule has 4 aromatic rings. The molecule has 53 heavy (non-hydrogen) atoms. The van der Waals surface area contributed by atoms with E-state index in [1.165, 1.54) is 23.9 Å². The van der Waals surface area contributed by atoms with Gasteiger partial charge in [-0.1, -0.05) is 0 Å². The highest BCUT2D eigenvalue weighted by atomic mass is 16.5. The van der Waals surface area contributed by atoms with Crippen LogP contribution in [0.3, 0.4) is 0 Å². The Morgan fingerprint density at radius 1 is 0.887 bits per heavy atom. The molecule has 17 nitrogen and oxygen atoms in total. The number of hydrogen-bond acceptors (Lipinski definition) is 10. The number of methoxy groups -OCH3 is 1. The minimum Gasteiger partial charge on any atom is -0.493 e. The van der Waals surface area contributed by atoms with Crippen LogP contribution in [0.4, 0.5) is 22.9 Å². The summed E-state index contributed by atoms with van der Waals surface area (Å²) in [4.78, 5) is 74.6. The molecule has 278 valence electrons. The standard InChI is InChI=1S/C36H41N9O8/c1-6-52-36(50)32-40-30(20-44(32)4)41-34(48)27-14-22(19-43(27)3)39-33(47)26-13-21(18-42(26)2)38-31(46)10-8-12-53-29-16-25-24(15-28(29)51-5)35(49)45-11-7-9-23(45)17-37-25/h13-20,23H,6-12H2,1-5H3,(H,38,46)(H,39,47)(H,41,48)/t23-/m0/s1. The van der Waals surface area contributed by atoms with Crippen LogP contribution in [0.25, 0.3) is 0 Å². The first kappa shape index (κ1) is 36.4. The number of rotatable bonds is 13. The first-order chi connectivity index (χ1) is 25.4. The molecule has 0 spiro atoms. The molecule has 3 aromatic heterocycles. The van der Waals surface area contributed by atoms with Crippen LogP contribution in [0.1, 0.15) is 74.6 Å². The molecule has 3 N–H and O–H groups in total. The predicted molar refractivity (Wildman–Crippen MR) is 194 cm³/mol. The summed E-state index contributed by atoms with van der Waals surface area (Å²) in [5.74, 6) is -0.855. The van der Waals surface area contributed by atoms with Crippen LogP contribution in [0.15, 0.2) is 47.8 Å². The number of carbonyl (C=O) groups excluding carboxylic acids is 5. The highest BCUT2D eigenvalue weighted by Crippen LogP contribution is 2.38. The van der Waals surface area contributed by atoms with E-state index < -0.39 is 17.8 Å². The quantitative estimate of drug-likeness (QED) is 0.135. The summed E-state index contributed by atoms with van der Waals surface area (Å²) in [6.07, 6.45) is 8.88. The Hall–Kier alpha value is -6.39. The van der Waals surface area contributed by atoms with Crippen molar-refractivity contribution in [3.63, 3.8) is 0 Å². The number of nitrogens with one attached hydrogen (secondary N) is 3. The van der Waals surface area contributed by atoms with Crippen molar-refractivity contribution >= 4 is 58.7 Å². The van der Waals surface area contributed by atoms with E-state index in [4.69, 9.17) is 14.2 Å². The molecule has 1 saturated heterocycles. The van der Waals surface area contributed by atoms with E-state index in [1.54, 1.807) is 67.8 Å². The molecular weight excluding hydrogens is 686 g/mol. The lowest BCUT2D eigenvalue weighted by Gasteiger charge is -2.20. The molecule has 1 aromatic carbocycles. The fraction of sp³-hybridized carbons (Fsp3) is 0.361. The first-order valence-electron chi connectivity index (χ1n) is 17.1. The number of ether oxygens (including phenoxy) is 3. The van der Waals surface area contributed by atoms with Crippen LogP contribution in [0.2, 0.25) is 0 Å². The average Bonchev–Trinajstić information content (AvgIpc) is 3.90. The Kier molecular flexibility index (Phi) is 10.6. The third kappa shape index (κ3) is 7.93. The number of imidazole rings is 1. The van der Waals surface area contributed by atoms with Crippen LogP contribution >= 0.6 is 0 Å². The second-order valence-electron chi connectivity index (χ2n) is 12.6. The number of amides is 4. The van der Waals surface area contributed by atoms with Gasteiger partial charge < -0.3 is 48.8 Å². The zero-order chi connectivity index (χ0) is 37.8. The van der Waals surface area contributed by atoms with Crippen molar-refractivity contribution in [3.05, 3.63) is 65.6 Å². The number of esters is 1. The van der Waals surface area contributed by atoms with Gasteiger partial charge in [-0.2, -0.15) is 0 Å². The number of nitrogens with zero attached hydrogens (tertiary/aromatic N) is 6. The summed E-state index contributed by atoms with van der Waals surface area (Å²) in [6, 6.07) is 6.40. The number of anilines is 3. The number of benzene rings is 1. The lowest BCUT2D eigenvalue weighted by molar-refractivity contribution is -0.116. The number of hydrogen-bond donors (Lipinski definition) is 3. The van der Waals surface area contributed by atoms with Crippen LogP contribution in [0, 0.1) is 0 Å². The Balaban J connectivity index is 1.000. The molecule has 0 aliphatic carbocycles. The highest BCUT2D eigenvalue weighted by molar-refractivity contribution is 6.07. The van der Waals surface area contributed by atoms with Crippen molar-refractivity contribution in [1.29, 1.82) is 0 Å². The summed E-state index contributed by atoms with van der Waals surface area (Å²) in [6.45, 7) is 2.79. The number of carbonyl (C=O) groups is 5. The molecule has 1 fully saturated rings. The van der Waals surface area contributed by atoms with Gasteiger partial charge in [0.05, 0.1) is 49.0 Å². The summed E-state index contributed by atoms with van der Waals surface area (Å²) in [7, 11) is 6.44. The third-order valence-electron chi connectivity index (χ3n) is 8.86. The minimum atomic E-state index is -0.608. The van der Waals surface area contributed by atoms with Crippen molar-refractivity contribution in [3.8, 4) is 11.5 Å². The maximum atomic E-state index is 13.2. The van der Waals surface area contributed by atoms with E-state index in [0.717, 1.165) is 12.8 Å². The molecule has 0 unspecified atom stereocenters. The molecule has 5 heterocycles. The van der Waals surface area contributed by atoms with Crippen molar-refractivity contribution < 1.29 is 38.2 Å². The van der Waals surface area contributed by atoms with Gasteiger partial charge in [0.25, 0.3) is 17.7 Å². The lowest BCUT2D eigenvalue weighted by Crippen LogP contribution is -2.35. The second-order valence-corrected chi connectivity index (χ2v) is 12.6. The number of fused-ring (bicyclic) bond motifs is 2. The zero-order valence-corrected chi connectivity index (χ0v) is 30.1. The largest absolute Gasteiger partial charge is 0.493 e. The monoisotopic (exact) mass is 727 g/mol. The summed E-state index contributed by atoms with van der Waals surface area (Å²) in [5.41, 5.74) is 2.30. The summed E-state index contributed by atoms with van der Waals surface area (Å²) >= 11 is 0. The van der Waals surface area contributed by atoms with Crippen molar-refractivity contribution in [2.75, 3.05) is 42.8 Å². The summed E-state index contributed by atoms with van der Waals surface area (Å²) < 4.78 is 21.0. The van der Waals surface area contributed by atoms with Crippen LogP contribution in [-0.4, -0.2) is 92.3 Å². The Labute approximate surface area is 304 Å². The van der Waals surface area contributed by atoms with E-state index >= 15 is 0 Å². The third-order valence-corrected chi connectivity index (χ3v) is 8.86. The molecule has 2 aliphatic rings. The zero-order valence-electron chi connectivity index (χ0n) is 30.1. The maximum absolute atomic E-state index is 13.2. The smallest absolute Gasteiger partial charge is 0.374 e. The van der Waals surface area contributed by atoms with E-state index in [-0.39, 0.29) is 60.5 Å². The molecule has 1 atom stereocenters. The fourth-order valence-electron chi connectivity index (χ4n) is 6.26. The Morgan fingerprint density at radius 3 is 2.28 bits per heavy atom. The predicted octanol–water partition coefficient (Wildman–Crippen LogP) is 3.91. The lowest BCUT2D eigenvalue weighted by atomic mass is 10.1.